The Kier molecular flexibility index (Phi) is 4.05. The van der Waals surface area contributed by atoms with Gasteiger partial charge in [-0.1, -0.05) is 6.92 Å². The average Bonchev–Trinajstić information content (AvgIpc) is 2.53. The van der Waals surface area contributed by atoms with E-state index in [1.165, 1.54) is 11.3 Å². The second-order valence-corrected chi connectivity index (χ2v) is 3.84. The smallest absolute Gasteiger partial charge is 0.171 e. The predicted octanol–water partition coefficient (Wildman–Crippen LogP) is 2.27. The molecule has 0 fully saturated rings. The number of carbonyl (C=O) groups excluding carboxylic acids is 1. The van der Waals surface area contributed by atoms with Gasteiger partial charge in [0.05, 0.1) is 11.5 Å². The highest BCUT2D eigenvalue weighted by Gasteiger charge is 2.05. The molecule has 0 atom stereocenters. The number of ether oxygens (including phenoxy) is 1. The largest absolute Gasteiger partial charge is 0.374 e. The molecule has 0 amide bonds. The molecule has 0 saturated carbocycles. The Hall–Kier alpha value is -0.740. The Morgan fingerprint density at radius 1 is 1.69 bits per heavy atom. The first kappa shape index (κ1) is 10.3. The molecule has 0 aliphatic heterocycles. The predicted molar refractivity (Wildman–Crippen MR) is 52.1 cm³/mol. The summed E-state index contributed by atoms with van der Waals surface area (Å²) in [6, 6.07) is 0. The molecule has 0 aromatic carbocycles. The zero-order valence-corrected chi connectivity index (χ0v) is 8.69. The third-order valence-electron chi connectivity index (χ3n) is 1.47. The van der Waals surface area contributed by atoms with Gasteiger partial charge in [-0.05, 0) is 6.42 Å². The molecule has 72 valence electrons. The van der Waals surface area contributed by atoms with Crippen molar-refractivity contribution in [2.45, 2.75) is 26.9 Å². The molecule has 0 bridgehead atoms. The van der Waals surface area contributed by atoms with E-state index in [1.54, 1.807) is 13.1 Å². The normalized spacial score (nSPS) is 10.3. The van der Waals surface area contributed by atoms with Crippen molar-refractivity contribution in [1.82, 2.24) is 4.98 Å². The molecule has 0 unspecified atom stereocenters. The van der Waals surface area contributed by atoms with Crippen LogP contribution in [0.15, 0.2) is 6.20 Å². The van der Waals surface area contributed by atoms with Crippen LogP contribution in [0, 0.1) is 0 Å². The maximum Gasteiger partial charge on any atom is 0.171 e. The molecular formula is C9H13NO2S. The fourth-order valence-electron chi connectivity index (χ4n) is 0.844. The lowest BCUT2D eigenvalue weighted by molar-refractivity contribution is 0.102. The highest BCUT2D eigenvalue weighted by atomic mass is 32.1. The maximum atomic E-state index is 10.9. The number of aromatic nitrogens is 1. The summed E-state index contributed by atoms with van der Waals surface area (Å²) in [7, 11) is 0. The molecular weight excluding hydrogens is 186 g/mol. The summed E-state index contributed by atoms with van der Waals surface area (Å²) in [5.41, 5.74) is 0. The summed E-state index contributed by atoms with van der Waals surface area (Å²) in [6.07, 6.45) is 2.61. The molecule has 0 radical (unpaired) electrons. The molecule has 1 rings (SSSR count). The van der Waals surface area contributed by atoms with Crippen LogP contribution >= 0.6 is 11.3 Å². The fraction of sp³-hybridized carbons (Fsp3) is 0.556. The Morgan fingerprint density at radius 2 is 2.46 bits per heavy atom. The van der Waals surface area contributed by atoms with Crippen molar-refractivity contribution in [2.24, 2.45) is 0 Å². The number of thiazole rings is 1. The summed E-state index contributed by atoms with van der Waals surface area (Å²) in [5, 5.41) is 0.874. The molecule has 1 aromatic rings. The summed E-state index contributed by atoms with van der Waals surface area (Å²) >= 11 is 1.41. The van der Waals surface area contributed by atoms with Crippen LogP contribution in [0.5, 0.6) is 0 Å². The summed E-state index contributed by atoms with van der Waals surface area (Å²) < 4.78 is 5.30. The molecule has 13 heavy (non-hydrogen) atoms. The van der Waals surface area contributed by atoms with Crippen molar-refractivity contribution in [3.63, 3.8) is 0 Å². The first-order valence-electron chi connectivity index (χ1n) is 4.27. The van der Waals surface area contributed by atoms with Gasteiger partial charge in [0.2, 0.25) is 0 Å². The minimum atomic E-state index is 0.0687. The van der Waals surface area contributed by atoms with Gasteiger partial charge in [0.1, 0.15) is 5.01 Å². The number of ketones is 1. The van der Waals surface area contributed by atoms with Gasteiger partial charge in [-0.15, -0.1) is 11.3 Å². The number of hydrogen-bond donors (Lipinski definition) is 0. The highest BCUT2D eigenvalue weighted by molar-refractivity contribution is 7.13. The molecule has 0 spiro atoms. The Balaban J connectivity index is 2.44. The van der Waals surface area contributed by atoms with Gasteiger partial charge in [0, 0.05) is 19.7 Å². The molecule has 1 heterocycles. The monoisotopic (exact) mass is 199 g/mol. The zero-order chi connectivity index (χ0) is 9.68. The summed E-state index contributed by atoms with van der Waals surface area (Å²) in [4.78, 5) is 15.7. The number of nitrogens with zero attached hydrogens (tertiary/aromatic N) is 1. The third-order valence-corrected chi connectivity index (χ3v) is 2.55. The van der Waals surface area contributed by atoms with Gasteiger partial charge in [0.15, 0.2) is 5.78 Å². The van der Waals surface area contributed by atoms with Crippen molar-refractivity contribution < 1.29 is 9.53 Å². The van der Waals surface area contributed by atoms with E-state index < -0.39 is 0 Å². The summed E-state index contributed by atoms with van der Waals surface area (Å²) in [6.45, 7) is 4.87. The molecule has 0 aliphatic rings. The van der Waals surface area contributed by atoms with Crippen LogP contribution in [-0.2, 0) is 11.3 Å². The van der Waals surface area contributed by atoms with Crippen molar-refractivity contribution in [3.05, 3.63) is 16.1 Å². The lowest BCUT2D eigenvalue weighted by atomic mass is 10.4. The van der Waals surface area contributed by atoms with Gasteiger partial charge in [-0.2, -0.15) is 0 Å². The Bertz CT molecular complexity index is 283. The van der Waals surface area contributed by atoms with Crippen LogP contribution in [-0.4, -0.2) is 17.4 Å². The lowest BCUT2D eigenvalue weighted by Gasteiger charge is -1.96. The van der Waals surface area contributed by atoms with E-state index in [4.69, 9.17) is 4.74 Å². The first-order chi connectivity index (χ1) is 6.24. The van der Waals surface area contributed by atoms with E-state index in [1.807, 2.05) is 0 Å². The SMILES string of the molecule is CCCOCc1ncc(C(C)=O)s1. The number of Topliss-reactive ketones (excluding diaryl/α,β-unsaturated/α-hetero) is 1. The topological polar surface area (TPSA) is 39.2 Å². The van der Waals surface area contributed by atoms with Gasteiger partial charge >= 0.3 is 0 Å². The number of carbonyl (C=O) groups is 1. The lowest BCUT2D eigenvalue weighted by Crippen LogP contribution is -1.92. The van der Waals surface area contributed by atoms with E-state index in [0.29, 0.717) is 11.5 Å². The molecule has 3 nitrogen and oxygen atoms in total. The van der Waals surface area contributed by atoms with Crippen LogP contribution in [0.3, 0.4) is 0 Å². The molecule has 0 saturated heterocycles. The van der Waals surface area contributed by atoms with E-state index in [0.717, 1.165) is 18.0 Å². The van der Waals surface area contributed by atoms with Crippen LogP contribution < -0.4 is 0 Å². The fourth-order valence-corrected chi connectivity index (χ4v) is 1.59. The van der Waals surface area contributed by atoms with Crippen LogP contribution in [0.4, 0.5) is 0 Å². The van der Waals surface area contributed by atoms with Crippen LogP contribution in [0.2, 0.25) is 0 Å². The van der Waals surface area contributed by atoms with E-state index in [-0.39, 0.29) is 5.78 Å². The minimum Gasteiger partial charge on any atom is -0.374 e. The summed E-state index contributed by atoms with van der Waals surface area (Å²) in [5.74, 6) is 0.0687. The maximum absolute atomic E-state index is 10.9. The van der Waals surface area contributed by atoms with E-state index >= 15 is 0 Å². The molecule has 0 aliphatic carbocycles. The molecule has 1 aromatic heterocycles. The standard InChI is InChI=1S/C9H13NO2S/c1-3-4-12-6-9-10-5-8(13-9)7(2)11/h5H,3-4,6H2,1-2H3. The average molecular weight is 199 g/mol. The molecule has 0 N–H and O–H groups in total. The minimum absolute atomic E-state index is 0.0687. The third kappa shape index (κ3) is 3.24. The number of rotatable bonds is 5. The second kappa shape index (κ2) is 5.09. The molecule has 4 heteroatoms. The van der Waals surface area contributed by atoms with E-state index in [9.17, 15) is 4.79 Å². The van der Waals surface area contributed by atoms with Gasteiger partial charge in [-0.25, -0.2) is 4.98 Å². The van der Waals surface area contributed by atoms with Gasteiger partial charge in [-0.3, -0.25) is 4.79 Å². The van der Waals surface area contributed by atoms with Gasteiger partial charge in [0.25, 0.3) is 0 Å². The number of hydrogen-bond acceptors (Lipinski definition) is 4. The van der Waals surface area contributed by atoms with Crippen molar-refractivity contribution in [2.75, 3.05) is 6.61 Å². The Labute approximate surface area is 81.8 Å². The second-order valence-electron chi connectivity index (χ2n) is 2.73. The Morgan fingerprint density at radius 3 is 3.00 bits per heavy atom. The quantitative estimate of drug-likeness (QED) is 0.539. The van der Waals surface area contributed by atoms with E-state index in [2.05, 4.69) is 11.9 Å². The first-order valence-corrected chi connectivity index (χ1v) is 5.09. The van der Waals surface area contributed by atoms with Gasteiger partial charge < -0.3 is 4.74 Å². The highest BCUT2D eigenvalue weighted by Crippen LogP contribution is 2.14. The van der Waals surface area contributed by atoms with Crippen LogP contribution in [0.25, 0.3) is 0 Å². The van der Waals surface area contributed by atoms with Crippen LogP contribution in [0.1, 0.15) is 34.9 Å². The zero-order valence-electron chi connectivity index (χ0n) is 7.87. The van der Waals surface area contributed by atoms with Crippen molar-refractivity contribution >= 4 is 17.1 Å². The van der Waals surface area contributed by atoms with Crippen molar-refractivity contribution in [3.8, 4) is 0 Å². The van der Waals surface area contributed by atoms with Crippen molar-refractivity contribution in [1.29, 1.82) is 0 Å².